The molecule has 0 radical (unpaired) electrons. The number of rotatable bonds is 11. The largest absolute Gasteiger partial charge is 0.462 e. The summed E-state index contributed by atoms with van der Waals surface area (Å²) in [5, 5.41) is 78.7. The third kappa shape index (κ3) is 6.98. The molecule has 2 fully saturated rings. The van der Waals surface area contributed by atoms with Gasteiger partial charge in [0.2, 0.25) is 0 Å². The summed E-state index contributed by atoms with van der Waals surface area (Å²) < 4.78 is 20.8. The molecule has 0 aromatic heterocycles. The first kappa shape index (κ1) is 28.2. The van der Waals surface area contributed by atoms with Gasteiger partial charge in [0.25, 0.3) is 0 Å². The molecular formula is C18H34N2O13. The number of nitrogens with one attached hydrogen (secondary N) is 1. The Morgan fingerprint density at radius 2 is 1.64 bits per heavy atom. The molecule has 0 aromatic rings. The first-order valence-corrected chi connectivity index (χ1v) is 10.6. The van der Waals surface area contributed by atoms with Crippen molar-refractivity contribution in [2.75, 3.05) is 19.8 Å². The van der Waals surface area contributed by atoms with Crippen molar-refractivity contribution in [2.24, 2.45) is 5.73 Å². The molecule has 33 heavy (non-hydrogen) atoms. The summed E-state index contributed by atoms with van der Waals surface area (Å²) in [6.45, 7) is -0.918. The molecule has 15 heteroatoms. The van der Waals surface area contributed by atoms with Crippen molar-refractivity contribution in [3.05, 3.63) is 0 Å². The predicted octanol–water partition coefficient (Wildman–Crippen LogP) is -5.37. The standard InChI is InChI=1S/C18H34N2O13/c19-4-2-1-3-7(20-29)16(27)30-6-9-10(22)11(23)14(26)18(32-9)33-15-8(5-21)31-17(28)13(25)12(15)24/h7-15,17-18,20-26,28-29H,1-6,19H2/t7-,8+,9+,10-,11-,12+,13+,14+,15+,17-,18-/m0/s1. The van der Waals surface area contributed by atoms with Crippen molar-refractivity contribution < 1.29 is 64.7 Å². The Kier molecular flexibility index (Phi) is 11.2. The molecule has 11 N–H and O–H groups in total. The molecule has 2 rings (SSSR count). The van der Waals surface area contributed by atoms with Crippen LogP contribution in [0.3, 0.4) is 0 Å². The third-order valence-electron chi connectivity index (χ3n) is 5.58. The van der Waals surface area contributed by atoms with Crippen LogP contribution in [0.15, 0.2) is 0 Å². The van der Waals surface area contributed by atoms with E-state index < -0.39 is 86.6 Å². The van der Waals surface area contributed by atoms with Crippen LogP contribution < -0.4 is 11.2 Å². The molecule has 0 spiro atoms. The van der Waals surface area contributed by atoms with Crippen LogP contribution in [0.5, 0.6) is 0 Å². The van der Waals surface area contributed by atoms with Crippen molar-refractivity contribution in [1.29, 1.82) is 0 Å². The van der Waals surface area contributed by atoms with Gasteiger partial charge < -0.3 is 65.6 Å². The second kappa shape index (κ2) is 13.1. The summed E-state index contributed by atoms with van der Waals surface area (Å²) in [4.78, 5) is 12.2. The third-order valence-corrected chi connectivity index (χ3v) is 5.58. The molecule has 194 valence electrons. The first-order valence-electron chi connectivity index (χ1n) is 10.6. The molecular weight excluding hydrogens is 452 g/mol. The van der Waals surface area contributed by atoms with E-state index >= 15 is 0 Å². The van der Waals surface area contributed by atoms with Gasteiger partial charge in [0.05, 0.1) is 6.61 Å². The van der Waals surface area contributed by atoms with Gasteiger partial charge in [-0.3, -0.25) is 4.79 Å². The maximum Gasteiger partial charge on any atom is 0.325 e. The first-order chi connectivity index (χ1) is 15.7. The lowest BCUT2D eigenvalue weighted by molar-refractivity contribution is -0.355. The molecule has 0 amide bonds. The normalized spacial score (nSPS) is 40.4. The van der Waals surface area contributed by atoms with Crippen LogP contribution in [0.4, 0.5) is 0 Å². The molecule has 0 aliphatic carbocycles. The highest BCUT2D eigenvalue weighted by Crippen LogP contribution is 2.28. The van der Waals surface area contributed by atoms with E-state index in [9.17, 15) is 40.5 Å². The van der Waals surface area contributed by atoms with Gasteiger partial charge in [0.15, 0.2) is 12.6 Å². The number of nitrogens with two attached hydrogens (primary N) is 1. The predicted molar refractivity (Wildman–Crippen MR) is 104 cm³/mol. The Morgan fingerprint density at radius 1 is 0.939 bits per heavy atom. The number of unbranched alkanes of at least 4 members (excludes halogenated alkanes) is 1. The molecule has 0 saturated carbocycles. The van der Waals surface area contributed by atoms with Crippen LogP contribution >= 0.6 is 0 Å². The minimum atomic E-state index is -1.83. The average molecular weight is 486 g/mol. The summed E-state index contributed by atoms with van der Waals surface area (Å²) in [5.41, 5.74) is 7.21. The topological polar surface area (TPSA) is 254 Å². The highest BCUT2D eigenvalue weighted by atomic mass is 16.7. The molecule has 2 aliphatic heterocycles. The van der Waals surface area contributed by atoms with Crippen molar-refractivity contribution >= 4 is 5.97 Å². The SMILES string of the molecule is NCCCC[C@H](NO)C(=O)OC[C@H]1O[C@@H](O[C@H]2[C@H](O)[C@@H](O)[C@@H](O)O[C@@H]2CO)[C@H](O)[C@@H](O)[C@H]1O. The zero-order chi connectivity index (χ0) is 24.7. The highest BCUT2D eigenvalue weighted by Gasteiger charge is 2.50. The molecule has 0 unspecified atom stereocenters. The molecule has 2 aliphatic rings. The van der Waals surface area contributed by atoms with Crippen molar-refractivity contribution in [3.63, 3.8) is 0 Å². The number of ether oxygens (including phenoxy) is 4. The Hall–Kier alpha value is -1.05. The minimum absolute atomic E-state index is 0.226. The number of hydrogen-bond donors (Lipinski definition) is 10. The monoisotopic (exact) mass is 486 g/mol. The maximum atomic E-state index is 12.2. The van der Waals surface area contributed by atoms with Crippen molar-refractivity contribution in [2.45, 2.75) is 86.7 Å². The maximum absolute atomic E-state index is 12.2. The van der Waals surface area contributed by atoms with Crippen LogP contribution in [0.2, 0.25) is 0 Å². The van der Waals surface area contributed by atoms with E-state index in [0.29, 0.717) is 19.4 Å². The van der Waals surface area contributed by atoms with Gasteiger partial charge in [0.1, 0.15) is 61.5 Å². The average Bonchev–Trinajstić information content (AvgIpc) is 2.81. The van der Waals surface area contributed by atoms with Gasteiger partial charge >= 0.3 is 5.97 Å². The smallest absolute Gasteiger partial charge is 0.325 e. The van der Waals surface area contributed by atoms with Gasteiger partial charge in [-0.25, -0.2) is 0 Å². The highest BCUT2D eigenvalue weighted by molar-refractivity contribution is 5.75. The van der Waals surface area contributed by atoms with E-state index in [1.54, 1.807) is 0 Å². The molecule has 15 nitrogen and oxygen atoms in total. The number of aliphatic hydroxyl groups is 7. The summed E-state index contributed by atoms with van der Waals surface area (Å²) in [6.07, 6.45) is -15.2. The van der Waals surface area contributed by atoms with Gasteiger partial charge in [-0.05, 0) is 25.8 Å². The number of carbonyl (C=O) groups is 1. The van der Waals surface area contributed by atoms with Gasteiger partial charge in [0, 0.05) is 0 Å². The van der Waals surface area contributed by atoms with Gasteiger partial charge in [-0.2, -0.15) is 5.48 Å². The summed E-state index contributed by atoms with van der Waals surface area (Å²) in [7, 11) is 0. The lowest BCUT2D eigenvalue weighted by atomic mass is 9.97. The van der Waals surface area contributed by atoms with Gasteiger partial charge in [-0.1, -0.05) is 0 Å². The van der Waals surface area contributed by atoms with Crippen LogP contribution in [-0.2, 0) is 23.7 Å². The number of aliphatic hydroxyl groups excluding tert-OH is 7. The Balaban J connectivity index is 2.01. The lowest BCUT2D eigenvalue weighted by Crippen LogP contribution is -2.64. The molecule has 11 atom stereocenters. The van der Waals surface area contributed by atoms with E-state index in [-0.39, 0.29) is 6.42 Å². The Morgan fingerprint density at radius 3 is 2.24 bits per heavy atom. The quantitative estimate of drug-likeness (QED) is 0.0743. The Bertz CT molecular complexity index is 600. The summed E-state index contributed by atoms with van der Waals surface area (Å²) in [6, 6.07) is -1.06. The summed E-state index contributed by atoms with van der Waals surface area (Å²) in [5.74, 6) is -0.864. The zero-order valence-corrected chi connectivity index (χ0v) is 17.8. The van der Waals surface area contributed by atoms with Crippen LogP contribution in [-0.4, -0.2) is 134 Å². The summed E-state index contributed by atoms with van der Waals surface area (Å²) >= 11 is 0. The molecule has 2 heterocycles. The van der Waals surface area contributed by atoms with Crippen LogP contribution in [0.1, 0.15) is 19.3 Å². The van der Waals surface area contributed by atoms with E-state index in [2.05, 4.69) is 0 Å². The second-order valence-electron chi connectivity index (χ2n) is 7.94. The van der Waals surface area contributed by atoms with E-state index in [0.717, 1.165) is 0 Å². The van der Waals surface area contributed by atoms with E-state index in [1.807, 2.05) is 5.48 Å². The molecule has 2 saturated heterocycles. The fourth-order valence-corrected chi connectivity index (χ4v) is 3.55. The van der Waals surface area contributed by atoms with Crippen molar-refractivity contribution in [3.8, 4) is 0 Å². The number of esters is 1. The fraction of sp³-hybridized carbons (Fsp3) is 0.944. The Labute approximate surface area is 189 Å². The fourth-order valence-electron chi connectivity index (χ4n) is 3.55. The number of hydrogen-bond acceptors (Lipinski definition) is 15. The van der Waals surface area contributed by atoms with Crippen LogP contribution in [0, 0.1) is 0 Å². The molecule has 0 bridgehead atoms. The lowest BCUT2D eigenvalue weighted by Gasteiger charge is -2.45. The van der Waals surface area contributed by atoms with Crippen LogP contribution in [0.25, 0.3) is 0 Å². The second-order valence-corrected chi connectivity index (χ2v) is 7.94. The number of hydroxylamine groups is 1. The van der Waals surface area contributed by atoms with Gasteiger partial charge in [-0.15, -0.1) is 0 Å². The molecule has 0 aromatic carbocycles. The minimum Gasteiger partial charge on any atom is -0.462 e. The zero-order valence-electron chi connectivity index (χ0n) is 17.8. The van der Waals surface area contributed by atoms with E-state index in [1.165, 1.54) is 0 Å². The van der Waals surface area contributed by atoms with Crippen molar-refractivity contribution in [1.82, 2.24) is 5.48 Å². The number of carbonyl (C=O) groups excluding carboxylic acids is 1. The van der Waals surface area contributed by atoms with E-state index in [4.69, 9.17) is 29.9 Å².